The minimum atomic E-state index is -0.205. The summed E-state index contributed by atoms with van der Waals surface area (Å²) >= 11 is 0. The van der Waals surface area contributed by atoms with Crippen LogP contribution in [0.1, 0.15) is 55.4 Å². The molecular formula is C16H28P2. The molecule has 0 unspecified atom stereocenters. The van der Waals surface area contributed by atoms with Crippen molar-refractivity contribution in [2.75, 3.05) is 12.3 Å². The van der Waals surface area contributed by atoms with Crippen LogP contribution in [0.15, 0.2) is 0 Å². The van der Waals surface area contributed by atoms with E-state index in [0.29, 0.717) is 10.3 Å². The molecule has 0 bridgehead atoms. The van der Waals surface area contributed by atoms with E-state index in [0.717, 1.165) is 0 Å². The molecular weight excluding hydrogens is 254 g/mol. The molecule has 0 aromatic rings. The van der Waals surface area contributed by atoms with Crippen molar-refractivity contribution >= 4 is 15.8 Å². The van der Waals surface area contributed by atoms with Crippen LogP contribution in [-0.2, 0) is 0 Å². The third-order valence-corrected chi connectivity index (χ3v) is 8.58. The van der Waals surface area contributed by atoms with Crippen LogP contribution < -0.4 is 0 Å². The standard InChI is InChI=1S/C16H28P2/c1-9-11-17(15(3,4)5)13-14-18(12-10-2)16(6,7)8/h13-14H2,1-8H3/t17-,18-/m0/s1. The molecule has 0 spiro atoms. The predicted octanol–water partition coefficient (Wildman–Crippen LogP) is 5.51. The van der Waals surface area contributed by atoms with Gasteiger partial charge in [-0.25, -0.2) is 0 Å². The molecule has 2 heteroatoms. The number of hydrogen-bond acceptors (Lipinski definition) is 0. The van der Waals surface area contributed by atoms with Gasteiger partial charge in [-0.3, -0.25) is 0 Å². The monoisotopic (exact) mass is 282 g/mol. The Morgan fingerprint density at radius 2 is 0.944 bits per heavy atom. The molecule has 0 aliphatic heterocycles. The van der Waals surface area contributed by atoms with Gasteiger partial charge in [0.15, 0.2) is 0 Å². The average Bonchev–Trinajstić information content (AvgIpc) is 2.18. The minimum absolute atomic E-state index is 0.205. The highest BCUT2D eigenvalue weighted by Gasteiger charge is 2.27. The van der Waals surface area contributed by atoms with E-state index in [1.165, 1.54) is 12.3 Å². The van der Waals surface area contributed by atoms with Crippen LogP contribution in [0.5, 0.6) is 0 Å². The SMILES string of the molecule is CC#C[P@@](CC[P@](C#CC)C(C)(C)C)C(C)(C)C. The summed E-state index contributed by atoms with van der Waals surface area (Å²) in [5.41, 5.74) is 6.90. The van der Waals surface area contributed by atoms with Crippen molar-refractivity contribution in [1.29, 1.82) is 0 Å². The molecule has 0 aromatic heterocycles. The van der Waals surface area contributed by atoms with Crippen molar-refractivity contribution in [3.05, 3.63) is 0 Å². The zero-order valence-electron chi connectivity index (χ0n) is 13.3. The molecule has 0 fully saturated rings. The molecule has 0 rings (SSSR count). The molecule has 18 heavy (non-hydrogen) atoms. The zero-order valence-corrected chi connectivity index (χ0v) is 15.1. The van der Waals surface area contributed by atoms with Gasteiger partial charge in [0.25, 0.3) is 0 Å². The Hall–Kier alpha value is -0.0200. The Kier molecular flexibility index (Phi) is 7.53. The quantitative estimate of drug-likeness (QED) is 0.473. The molecule has 0 aliphatic rings. The lowest BCUT2D eigenvalue weighted by Gasteiger charge is -2.31. The Morgan fingerprint density at radius 3 is 1.11 bits per heavy atom. The second-order valence-electron chi connectivity index (χ2n) is 6.37. The Balaban J connectivity index is 4.75. The molecule has 0 radical (unpaired) electrons. The molecule has 0 aromatic carbocycles. The van der Waals surface area contributed by atoms with Crippen LogP contribution in [0.2, 0.25) is 0 Å². The number of rotatable bonds is 3. The summed E-state index contributed by atoms with van der Waals surface area (Å²) in [5, 5.41) is 0.660. The molecule has 0 amide bonds. The van der Waals surface area contributed by atoms with Crippen LogP contribution in [-0.4, -0.2) is 22.6 Å². The van der Waals surface area contributed by atoms with Gasteiger partial charge in [0.2, 0.25) is 0 Å². The predicted molar refractivity (Wildman–Crippen MR) is 90.0 cm³/mol. The van der Waals surface area contributed by atoms with Gasteiger partial charge in [0, 0.05) is 0 Å². The first-order chi connectivity index (χ1) is 8.12. The zero-order chi connectivity index (χ0) is 14.4. The smallest absolute Gasteiger partial charge is 0.00236 e. The molecule has 102 valence electrons. The second-order valence-corrected chi connectivity index (χ2v) is 12.1. The summed E-state index contributed by atoms with van der Waals surface area (Å²) in [7, 11) is -0.410. The molecule has 0 saturated heterocycles. The maximum atomic E-state index is 3.45. The van der Waals surface area contributed by atoms with Crippen LogP contribution >= 0.6 is 15.8 Å². The van der Waals surface area contributed by atoms with Gasteiger partial charge in [-0.1, -0.05) is 52.9 Å². The fraction of sp³-hybridized carbons (Fsp3) is 0.750. The lowest BCUT2D eigenvalue weighted by Crippen LogP contribution is -2.17. The van der Waals surface area contributed by atoms with Crippen molar-refractivity contribution in [2.45, 2.75) is 65.7 Å². The van der Waals surface area contributed by atoms with Crippen LogP contribution in [0.25, 0.3) is 0 Å². The van der Waals surface area contributed by atoms with Gasteiger partial charge in [-0.2, -0.15) is 0 Å². The summed E-state index contributed by atoms with van der Waals surface area (Å²) in [5.74, 6) is 6.24. The van der Waals surface area contributed by atoms with Gasteiger partial charge in [0.1, 0.15) is 0 Å². The first-order valence-electron chi connectivity index (χ1n) is 6.53. The maximum Gasteiger partial charge on any atom is -0.00236 e. The first kappa shape index (κ1) is 18.0. The molecule has 2 atom stereocenters. The maximum absolute atomic E-state index is 3.45. The van der Waals surface area contributed by atoms with Gasteiger partial charge in [-0.15, -0.1) is 11.8 Å². The van der Waals surface area contributed by atoms with E-state index in [1.807, 2.05) is 13.8 Å². The van der Waals surface area contributed by atoms with Gasteiger partial charge < -0.3 is 0 Å². The normalized spacial score (nSPS) is 14.9. The fourth-order valence-electron chi connectivity index (χ4n) is 1.59. The van der Waals surface area contributed by atoms with Gasteiger partial charge in [0.05, 0.1) is 0 Å². The van der Waals surface area contributed by atoms with Crippen molar-refractivity contribution in [3.63, 3.8) is 0 Å². The Morgan fingerprint density at radius 1 is 0.667 bits per heavy atom. The summed E-state index contributed by atoms with van der Waals surface area (Å²) in [6.45, 7) is 17.8. The van der Waals surface area contributed by atoms with Crippen LogP contribution in [0, 0.1) is 23.2 Å². The Labute approximate surface area is 117 Å². The van der Waals surface area contributed by atoms with E-state index in [9.17, 15) is 0 Å². The van der Waals surface area contributed by atoms with Crippen molar-refractivity contribution < 1.29 is 0 Å². The summed E-state index contributed by atoms with van der Waals surface area (Å²) < 4.78 is 0. The van der Waals surface area contributed by atoms with Gasteiger partial charge in [-0.05, 0) is 52.3 Å². The lowest BCUT2D eigenvalue weighted by atomic mass is 10.3. The average molecular weight is 282 g/mol. The highest BCUT2D eigenvalue weighted by molar-refractivity contribution is 7.68. The van der Waals surface area contributed by atoms with Crippen molar-refractivity contribution in [2.24, 2.45) is 0 Å². The van der Waals surface area contributed by atoms with E-state index in [4.69, 9.17) is 0 Å². The third-order valence-electron chi connectivity index (χ3n) is 2.66. The molecule has 0 nitrogen and oxygen atoms in total. The second kappa shape index (κ2) is 7.54. The van der Waals surface area contributed by atoms with Crippen LogP contribution in [0.3, 0.4) is 0 Å². The fourth-order valence-corrected chi connectivity index (χ4v) is 5.96. The first-order valence-corrected chi connectivity index (χ1v) is 9.58. The minimum Gasteiger partial charge on any atom is -0.102 e. The number of hydrogen-bond donors (Lipinski definition) is 0. The third kappa shape index (κ3) is 6.79. The van der Waals surface area contributed by atoms with E-state index < -0.39 is 0 Å². The Bertz CT molecular complexity index is 322. The summed E-state index contributed by atoms with van der Waals surface area (Å²) in [6, 6.07) is 0. The largest absolute Gasteiger partial charge is 0.102 e. The lowest BCUT2D eigenvalue weighted by molar-refractivity contribution is 0.781. The van der Waals surface area contributed by atoms with Gasteiger partial charge >= 0.3 is 0 Å². The van der Waals surface area contributed by atoms with E-state index in [2.05, 4.69) is 64.7 Å². The van der Waals surface area contributed by atoms with E-state index >= 15 is 0 Å². The molecule has 0 aliphatic carbocycles. The summed E-state index contributed by atoms with van der Waals surface area (Å²) in [6.07, 6.45) is 2.47. The van der Waals surface area contributed by atoms with E-state index in [1.54, 1.807) is 0 Å². The summed E-state index contributed by atoms with van der Waals surface area (Å²) in [4.78, 5) is 0. The topological polar surface area (TPSA) is 0 Å². The highest BCUT2D eigenvalue weighted by Crippen LogP contribution is 2.54. The van der Waals surface area contributed by atoms with Crippen molar-refractivity contribution in [3.8, 4) is 23.2 Å². The van der Waals surface area contributed by atoms with Crippen molar-refractivity contribution in [1.82, 2.24) is 0 Å². The highest BCUT2D eigenvalue weighted by atomic mass is 31.1. The molecule has 0 N–H and O–H groups in total. The van der Waals surface area contributed by atoms with E-state index in [-0.39, 0.29) is 15.8 Å². The van der Waals surface area contributed by atoms with Crippen LogP contribution in [0.4, 0.5) is 0 Å². The molecule has 0 saturated carbocycles. The molecule has 0 heterocycles.